The maximum Gasteiger partial charge on any atom is 0.364 e. The Morgan fingerprint density at radius 3 is 2.37 bits per heavy atom. The summed E-state index contributed by atoms with van der Waals surface area (Å²) in [5.74, 6) is -0.450. The molecule has 0 atom stereocenters. The number of hydrogen-bond acceptors (Lipinski definition) is 4. The van der Waals surface area contributed by atoms with E-state index >= 15 is 0 Å². The van der Waals surface area contributed by atoms with Crippen LogP contribution in [0.5, 0.6) is 0 Å². The van der Waals surface area contributed by atoms with Gasteiger partial charge in [-0.1, -0.05) is 13.8 Å². The van der Waals surface area contributed by atoms with Crippen LogP contribution in [0.4, 0.5) is 5.82 Å². The molecule has 1 aromatic rings. The van der Waals surface area contributed by atoms with Crippen molar-refractivity contribution in [3.8, 4) is 0 Å². The molecule has 0 fully saturated rings. The number of carbonyl (C=O) groups is 1. The van der Waals surface area contributed by atoms with Crippen LogP contribution in [0.1, 0.15) is 42.7 Å². The molecule has 1 rings (SSSR count). The second-order valence-electron chi connectivity index (χ2n) is 4.40. The fourth-order valence-electron chi connectivity index (χ4n) is 1.91. The smallest absolute Gasteiger partial charge is 0.358 e. The highest BCUT2D eigenvalue weighted by Gasteiger charge is 2.19. The molecule has 0 aliphatic heterocycles. The van der Waals surface area contributed by atoms with E-state index in [1.165, 1.54) is 6.07 Å². The molecule has 0 bridgehead atoms. The second-order valence-corrected chi connectivity index (χ2v) is 4.40. The number of nitrogens with zero attached hydrogens (tertiary/aromatic N) is 3. The molecule has 1 aromatic heterocycles. The van der Waals surface area contributed by atoms with Crippen LogP contribution >= 0.6 is 0 Å². The summed E-state index contributed by atoms with van der Waals surface area (Å²) in [5.41, 5.74) is 0.812. The first kappa shape index (κ1) is 15.1. The Balaban J connectivity index is 3.06. The lowest BCUT2D eigenvalue weighted by Crippen LogP contribution is -2.32. The van der Waals surface area contributed by atoms with Gasteiger partial charge in [-0.15, -0.1) is 0 Å². The summed E-state index contributed by atoms with van der Waals surface area (Å²) in [7, 11) is 0. The first-order valence-corrected chi connectivity index (χ1v) is 6.42. The Morgan fingerprint density at radius 2 is 1.89 bits per heavy atom. The van der Waals surface area contributed by atoms with Crippen LogP contribution in [0.3, 0.4) is 0 Å². The molecule has 1 amide bonds. The van der Waals surface area contributed by atoms with E-state index in [-0.39, 0.29) is 11.7 Å². The van der Waals surface area contributed by atoms with Gasteiger partial charge in [0.15, 0.2) is 5.69 Å². The lowest BCUT2D eigenvalue weighted by atomic mass is 10.2. The number of aromatic nitrogens is 1. The summed E-state index contributed by atoms with van der Waals surface area (Å²) in [6.07, 6.45) is 1.72. The van der Waals surface area contributed by atoms with Gasteiger partial charge < -0.3 is 15.0 Å². The Morgan fingerprint density at radius 1 is 1.32 bits per heavy atom. The monoisotopic (exact) mass is 265 g/mol. The van der Waals surface area contributed by atoms with E-state index in [4.69, 9.17) is 0 Å². The van der Waals surface area contributed by atoms with Crippen LogP contribution in [0.15, 0.2) is 12.1 Å². The number of carbonyl (C=O) groups excluding carboxylic acids is 1. The van der Waals surface area contributed by atoms with E-state index in [1.54, 1.807) is 17.9 Å². The van der Waals surface area contributed by atoms with Crippen molar-refractivity contribution in [1.82, 2.24) is 9.88 Å². The van der Waals surface area contributed by atoms with Gasteiger partial charge in [-0.2, -0.15) is 0 Å². The van der Waals surface area contributed by atoms with E-state index < -0.39 is 4.92 Å². The summed E-state index contributed by atoms with van der Waals surface area (Å²) < 4.78 is 0. The van der Waals surface area contributed by atoms with Gasteiger partial charge in [0.25, 0.3) is 5.91 Å². The van der Waals surface area contributed by atoms with Gasteiger partial charge in [-0.05, 0) is 28.8 Å². The molecule has 0 aromatic carbocycles. The van der Waals surface area contributed by atoms with Crippen LogP contribution in [-0.4, -0.2) is 33.8 Å². The molecular weight excluding hydrogens is 246 g/mol. The van der Waals surface area contributed by atoms with Crippen molar-refractivity contribution < 1.29 is 9.72 Å². The summed E-state index contributed by atoms with van der Waals surface area (Å²) in [5, 5.41) is 10.8. The van der Waals surface area contributed by atoms with Crippen molar-refractivity contribution in [2.24, 2.45) is 0 Å². The van der Waals surface area contributed by atoms with Crippen LogP contribution < -0.4 is 0 Å². The molecule has 0 saturated carbocycles. The minimum Gasteiger partial charge on any atom is -0.358 e. The van der Waals surface area contributed by atoms with E-state index in [0.29, 0.717) is 24.3 Å². The fourth-order valence-corrected chi connectivity index (χ4v) is 1.91. The van der Waals surface area contributed by atoms with E-state index in [9.17, 15) is 14.9 Å². The van der Waals surface area contributed by atoms with Gasteiger partial charge >= 0.3 is 5.82 Å². The van der Waals surface area contributed by atoms with Gasteiger partial charge in [0.2, 0.25) is 0 Å². The summed E-state index contributed by atoms with van der Waals surface area (Å²) in [6.45, 7) is 6.95. The molecule has 1 heterocycles. The lowest BCUT2D eigenvalue weighted by Gasteiger charge is -2.21. The minimum absolute atomic E-state index is 0.169. The minimum atomic E-state index is -0.576. The Labute approximate surface area is 112 Å². The Bertz CT molecular complexity index is 468. The SMILES string of the molecule is CCCN(CCC)C(=O)c1cc(C)nc([N+](=O)[O-])c1. The normalized spacial score (nSPS) is 10.3. The standard InChI is InChI=1S/C13H19N3O3/c1-4-6-15(7-5-2)13(17)11-8-10(3)14-12(9-11)16(18)19/h8-9H,4-7H2,1-3H3. The van der Waals surface area contributed by atoms with Crippen molar-refractivity contribution in [3.05, 3.63) is 33.5 Å². The molecule has 104 valence electrons. The highest BCUT2D eigenvalue weighted by Crippen LogP contribution is 2.15. The van der Waals surface area contributed by atoms with Crippen molar-refractivity contribution in [1.29, 1.82) is 0 Å². The largest absolute Gasteiger partial charge is 0.364 e. The van der Waals surface area contributed by atoms with E-state index in [0.717, 1.165) is 12.8 Å². The molecule has 6 heteroatoms. The average molecular weight is 265 g/mol. The van der Waals surface area contributed by atoms with Crippen LogP contribution in [0, 0.1) is 17.0 Å². The van der Waals surface area contributed by atoms with Crippen molar-refractivity contribution in [3.63, 3.8) is 0 Å². The number of aryl methyl sites for hydroxylation is 1. The molecule has 0 N–H and O–H groups in total. The molecule has 0 radical (unpaired) electrons. The highest BCUT2D eigenvalue weighted by molar-refractivity contribution is 5.94. The fraction of sp³-hybridized carbons (Fsp3) is 0.538. The molecule has 0 spiro atoms. The van der Waals surface area contributed by atoms with Crippen LogP contribution in [0.25, 0.3) is 0 Å². The van der Waals surface area contributed by atoms with Crippen molar-refractivity contribution in [2.45, 2.75) is 33.6 Å². The number of rotatable bonds is 6. The molecule has 0 aliphatic rings. The highest BCUT2D eigenvalue weighted by atomic mass is 16.6. The first-order valence-electron chi connectivity index (χ1n) is 6.42. The van der Waals surface area contributed by atoms with E-state index in [2.05, 4.69) is 4.98 Å². The maximum atomic E-state index is 12.3. The summed E-state index contributed by atoms with van der Waals surface area (Å²) in [4.78, 5) is 28.0. The first-order chi connectivity index (χ1) is 8.99. The molecule has 0 unspecified atom stereocenters. The third-order valence-corrected chi connectivity index (χ3v) is 2.65. The average Bonchev–Trinajstić information content (AvgIpc) is 2.37. The molecule has 0 aliphatic carbocycles. The second kappa shape index (κ2) is 6.82. The third-order valence-electron chi connectivity index (χ3n) is 2.65. The summed E-state index contributed by atoms with van der Waals surface area (Å²) in [6, 6.07) is 2.83. The molecule has 19 heavy (non-hydrogen) atoms. The van der Waals surface area contributed by atoms with Gasteiger partial charge in [-0.25, -0.2) is 0 Å². The van der Waals surface area contributed by atoms with Gasteiger partial charge in [0, 0.05) is 26.1 Å². The van der Waals surface area contributed by atoms with Crippen LogP contribution in [0.2, 0.25) is 0 Å². The van der Waals surface area contributed by atoms with Gasteiger partial charge in [0.05, 0.1) is 5.56 Å². The molecule has 6 nitrogen and oxygen atoms in total. The predicted molar refractivity (Wildman–Crippen MR) is 72.1 cm³/mol. The zero-order valence-electron chi connectivity index (χ0n) is 11.5. The number of nitro groups is 1. The zero-order valence-corrected chi connectivity index (χ0v) is 11.5. The quantitative estimate of drug-likeness (QED) is 0.585. The van der Waals surface area contributed by atoms with Gasteiger partial charge in [0.1, 0.15) is 0 Å². The Kier molecular flexibility index (Phi) is 5.41. The molecule has 0 saturated heterocycles. The lowest BCUT2D eigenvalue weighted by molar-refractivity contribution is -0.389. The van der Waals surface area contributed by atoms with Gasteiger partial charge in [-0.3, -0.25) is 4.79 Å². The number of amides is 1. The topological polar surface area (TPSA) is 76.3 Å². The number of hydrogen-bond donors (Lipinski definition) is 0. The van der Waals surface area contributed by atoms with Crippen molar-refractivity contribution >= 4 is 11.7 Å². The third kappa shape index (κ3) is 4.01. The van der Waals surface area contributed by atoms with Crippen molar-refractivity contribution in [2.75, 3.05) is 13.1 Å². The van der Waals surface area contributed by atoms with E-state index in [1.807, 2.05) is 13.8 Å². The zero-order chi connectivity index (χ0) is 14.4. The number of pyridine rings is 1. The predicted octanol–water partition coefficient (Wildman–Crippen LogP) is 2.56. The summed E-state index contributed by atoms with van der Waals surface area (Å²) >= 11 is 0. The molecular formula is C13H19N3O3. The maximum absolute atomic E-state index is 12.3. The van der Waals surface area contributed by atoms with Crippen LogP contribution in [-0.2, 0) is 0 Å². The Hall–Kier alpha value is -1.98.